The maximum absolute atomic E-state index is 9.69. The van der Waals surface area contributed by atoms with E-state index in [1.54, 1.807) is 12.1 Å². The molecule has 0 aliphatic carbocycles. The lowest BCUT2D eigenvalue weighted by atomic mass is 10.1. The van der Waals surface area contributed by atoms with E-state index < -0.39 is 0 Å². The standard InChI is InChI=1S/C16H15NO2/c1-3-12-5-4-6-14(9-12)17-11-13-7-8-16(19-2)15(18)10-13/h1,4-10,17-18H,11H2,2H3. The molecule has 2 N–H and O–H groups in total. The molecule has 0 bridgehead atoms. The highest BCUT2D eigenvalue weighted by molar-refractivity contribution is 5.51. The summed E-state index contributed by atoms with van der Waals surface area (Å²) in [5.41, 5.74) is 2.75. The lowest BCUT2D eigenvalue weighted by Gasteiger charge is -2.09. The van der Waals surface area contributed by atoms with Crippen LogP contribution in [0.3, 0.4) is 0 Å². The molecule has 0 amide bonds. The monoisotopic (exact) mass is 253 g/mol. The summed E-state index contributed by atoms with van der Waals surface area (Å²) in [6.07, 6.45) is 5.35. The van der Waals surface area contributed by atoms with Gasteiger partial charge < -0.3 is 15.2 Å². The fourth-order valence-electron chi connectivity index (χ4n) is 1.77. The predicted molar refractivity (Wildman–Crippen MR) is 76.4 cm³/mol. The highest BCUT2D eigenvalue weighted by Gasteiger charge is 2.02. The molecule has 0 fully saturated rings. The second kappa shape index (κ2) is 5.83. The molecule has 0 radical (unpaired) electrons. The summed E-state index contributed by atoms with van der Waals surface area (Å²) in [6.45, 7) is 0.603. The van der Waals surface area contributed by atoms with Crippen molar-refractivity contribution in [1.29, 1.82) is 0 Å². The third-order valence-corrected chi connectivity index (χ3v) is 2.77. The minimum atomic E-state index is 0.138. The zero-order valence-electron chi connectivity index (χ0n) is 10.7. The molecule has 2 aromatic rings. The van der Waals surface area contributed by atoms with Gasteiger partial charge in [-0.25, -0.2) is 0 Å². The van der Waals surface area contributed by atoms with Crippen LogP contribution < -0.4 is 10.1 Å². The quantitative estimate of drug-likeness (QED) is 0.823. The normalized spacial score (nSPS) is 9.68. The van der Waals surface area contributed by atoms with Gasteiger partial charge in [0.25, 0.3) is 0 Å². The van der Waals surface area contributed by atoms with Crippen molar-refractivity contribution in [2.24, 2.45) is 0 Å². The van der Waals surface area contributed by atoms with E-state index in [9.17, 15) is 5.11 Å². The second-order valence-corrected chi connectivity index (χ2v) is 4.08. The molecule has 2 rings (SSSR count). The van der Waals surface area contributed by atoms with Crippen LogP contribution in [-0.4, -0.2) is 12.2 Å². The predicted octanol–water partition coefficient (Wildman–Crippen LogP) is 2.99. The maximum Gasteiger partial charge on any atom is 0.160 e. The van der Waals surface area contributed by atoms with Gasteiger partial charge in [-0.2, -0.15) is 0 Å². The first-order chi connectivity index (χ1) is 9.22. The van der Waals surface area contributed by atoms with Crippen molar-refractivity contribution in [2.45, 2.75) is 6.54 Å². The smallest absolute Gasteiger partial charge is 0.160 e. The van der Waals surface area contributed by atoms with E-state index >= 15 is 0 Å². The van der Waals surface area contributed by atoms with Crippen LogP contribution in [0.5, 0.6) is 11.5 Å². The fourth-order valence-corrected chi connectivity index (χ4v) is 1.77. The zero-order valence-corrected chi connectivity index (χ0v) is 10.7. The van der Waals surface area contributed by atoms with Crippen LogP contribution in [0.25, 0.3) is 0 Å². The number of hydrogen-bond acceptors (Lipinski definition) is 3. The Balaban J connectivity index is 2.06. The lowest BCUT2D eigenvalue weighted by molar-refractivity contribution is 0.373. The van der Waals surface area contributed by atoms with Crippen molar-refractivity contribution in [3.05, 3.63) is 53.6 Å². The number of hydrogen-bond donors (Lipinski definition) is 2. The molecule has 3 heteroatoms. The second-order valence-electron chi connectivity index (χ2n) is 4.08. The SMILES string of the molecule is C#Cc1cccc(NCc2ccc(OC)c(O)c2)c1. The van der Waals surface area contributed by atoms with Gasteiger partial charge in [-0.3, -0.25) is 0 Å². The summed E-state index contributed by atoms with van der Waals surface area (Å²) in [6, 6.07) is 13.0. The van der Waals surface area contributed by atoms with Crippen LogP contribution in [0.2, 0.25) is 0 Å². The van der Waals surface area contributed by atoms with Gasteiger partial charge in [0.05, 0.1) is 7.11 Å². The lowest BCUT2D eigenvalue weighted by Crippen LogP contribution is -1.99. The van der Waals surface area contributed by atoms with Crippen molar-refractivity contribution in [1.82, 2.24) is 0 Å². The Hall–Kier alpha value is -2.60. The molecule has 0 atom stereocenters. The van der Waals surface area contributed by atoms with E-state index in [4.69, 9.17) is 11.2 Å². The van der Waals surface area contributed by atoms with Gasteiger partial charge in [-0.15, -0.1) is 6.42 Å². The minimum absolute atomic E-state index is 0.138. The van der Waals surface area contributed by atoms with Gasteiger partial charge >= 0.3 is 0 Å². The Morgan fingerprint density at radius 2 is 2.11 bits per heavy atom. The topological polar surface area (TPSA) is 41.5 Å². The number of terminal acetylenes is 1. The van der Waals surface area contributed by atoms with Crippen molar-refractivity contribution in [2.75, 3.05) is 12.4 Å². The first-order valence-corrected chi connectivity index (χ1v) is 5.89. The van der Waals surface area contributed by atoms with Crippen LogP contribution in [0, 0.1) is 12.3 Å². The van der Waals surface area contributed by atoms with Crippen molar-refractivity contribution in [3.63, 3.8) is 0 Å². The molecule has 0 heterocycles. The van der Waals surface area contributed by atoms with Crippen molar-refractivity contribution < 1.29 is 9.84 Å². The molecule has 0 aromatic heterocycles. The third kappa shape index (κ3) is 3.20. The number of phenolic OH excluding ortho intramolecular Hbond substituents is 1. The van der Waals surface area contributed by atoms with Crippen LogP contribution in [0.1, 0.15) is 11.1 Å². The third-order valence-electron chi connectivity index (χ3n) is 2.77. The number of benzene rings is 2. The van der Waals surface area contributed by atoms with E-state index in [0.29, 0.717) is 12.3 Å². The highest BCUT2D eigenvalue weighted by Crippen LogP contribution is 2.26. The zero-order chi connectivity index (χ0) is 13.7. The summed E-state index contributed by atoms with van der Waals surface area (Å²) in [4.78, 5) is 0. The summed E-state index contributed by atoms with van der Waals surface area (Å²) in [7, 11) is 1.53. The van der Waals surface area contributed by atoms with Crippen LogP contribution in [-0.2, 0) is 6.54 Å². The van der Waals surface area contributed by atoms with Crippen LogP contribution in [0.4, 0.5) is 5.69 Å². The molecular formula is C16H15NO2. The van der Waals surface area contributed by atoms with E-state index in [2.05, 4.69) is 11.2 Å². The average molecular weight is 253 g/mol. The molecular weight excluding hydrogens is 238 g/mol. The van der Waals surface area contributed by atoms with Gasteiger partial charge in [-0.1, -0.05) is 18.1 Å². The minimum Gasteiger partial charge on any atom is -0.504 e. The Morgan fingerprint density at radius 1 is 1.26 bits per heavy atom. The Bertz CT molecular complexity index is 614. The number of nitrogens with one attached hydrogen (secondary N) is 1. The molecule has 0 unspecified atom stereocenters. The summed E-state index contributed by atoms with van der Waals surface area (Å²) < 4.78 is 5.00. The molecule has 0 saturated heterocycles. The average Bonchev–Trinajstić information content (AvgIpc) is 2.45. The van der Waals surface area contributed by atoms with Gasteiger partial charge in [0.2, 0.25) is 0 Å². The van der Waals surface area contributed by atoms with E-state index in [0.717, 1.165) is 16.8 Å². The largest absolute Gasteiger partial charge is 0.504 e. The number of phenols is 1. The van der Waals surface area contributed by atoms with E-state index in [1.807, 2.05) is 30.3 Å². The van der Waals surface area contributed by atoms with Gasteiger partial charge in [0, 0.05) is 17.8 Å². The summed E-state index contributed by atoms with van der Waals surface area (Å²) in [5, 5.41) is 12.9. The van der Waals surface area contributed by atoms with E-state index in [1.165, 1.54) is 7.11 Å². The molecule has 0 saturated carbocycles. The molecule has 2 aromatic carbocycles. The first kappa shape index (κ1) is 12.8. The fraction of sp³-hybridized carbons (Fsp3) is 0.125. The maximum atomic E-state index is 9.69. The van der Waals surface area contributed by atoms with Crippen LogP contribution >= 0.6 is 0 Å². The molecule has 3 nitrogen and oxygen atoms in total. The molecule has 0 spiro atoms. The summed E-state index contributed by atoms with van der Waals surface area (Å²) in [5.74, 6) is 3.20. The summed E-state index contributed by atoms with van der Waals surface area (Å²) >= 11 is 0. The molecule has 0 aliphatic heterocycles. The van der Waals surface area contributed by atoms with Crippen molar-refractivity contribution >= 4 is 5.69 Å². The number of ether oxygens (including phenoxy) is 1. The number of rotatable bonds is 4. The van der Waals surface area contributed by atoms with Gasteiger partial charge in [0.15, 0.2) is 11.5 Å². The van der Waals surface area contributed by atoms with Crippen LogP contribution in [0.15, 0.2) is 42.5 Å². The Morgan fingerprint density at radius 3 is 2.79 bits per heavy atom. The number of methoxy groups -OCH3 is 1. The molecule has 96 valence electrons. The van der Waals surface area contributed by atoms with E-state index in [-0.39, 0.29) is 5.75 Å². The highest BCUT2D eigenvalue weighted by atomic mass is 16.5. The first-order valence-electron chi connectivity index (χ1n) is 5.89. The Labute approximate surface area is 112 Å². The van der Waals surface area contributed by atoms with Gasteiger partial charge in [-0.05, 0) is 35.9 Å². The number of aromatic hydroxyl groups is 1. The van der Waals surface area contributed by atoms with Crippen molar-refractivity contribution in [3.8, 4) is 23.8 Å². The molecule has 19 heavy (non-hydrogen) atoms. The molecule has 0 aliphatic rings. The Kier molecular flexibility index (Phi) is 3.94. The number of anilines is 1. The van der Waals surface area contributed by atoms with Gasteiger partial charge in [0.1, 0.15) is 0 Å².